The third-order valence-electron chi connectivity index (χ3n) is 7.29. The molecule has 3 aromatic carbocycles. The zero-order valence-corrected chi connectivity index (χ0v) is 21.1. The molecule has 39 heavy (non-hydrogen) atoms. The first kappa shape index (κ1) is 26.4. The number of hydrogen-bond acceptors (Lipinski definition) is 6. The molecule has 0 unspecified atom stereocenters. The maximum atomic E-state index is 12.9. The smallest absolute Gasteiger partial charge is 0.416 e. The van der Waals surface area contributed by atoms with Gasteiger partial charge in [0.25, 0.3) is 6.01 Å². The van der Waals surface area contributed by atoms with Crippen molar-refractivity contribution < 1.29 is 32.3 Å². The van der Waals surface area contributed by atoms with Gasteiger partial charge in [-0.3, -0.25) is 9.59 Å². The van der Waals surface area contributed by atoms with E-state index < -0.39 is 23.1 Å². The summed E-state index contributed by atoms with van der Waals surface area (Å²) in [5.41, 5.74) is 1.36. The van der Waals surface area contributed by atoms with Crippen molar-refractivity contribution in [1.82, 2.24) is 9.88 Å². The Balaban J connectivity index is 1.25. The molecule has 7 nitrogen and oxygen atoms in total. The second kappa shape index (κ2) is 10.2. The van der Waals surface area contributed by atoms with Crippen LogP contribution in [0, 0.1) is 5.41 Å². The minimum absolute atomic E-state index is 0.0246. The standard InChI is InChI=1S/C29H26F3N3O4/c1-35-14-12-28(13-15-35,26(37)38)17-24(36)20-4-2-18(3-5-20)19-6-9-22(10-7-19)33-27-34-23-16-21(29(30,31)32)8-11-25(23)39-27/h2-11,16H,12-15,17H2,1H3,(H,33,34)(H,37,38). The number of anilines is 2. The van der Waals surface area contributed by atoms with E-state index in [1.807, 2.05) is 31.3 Å². The Morgan fingerprint density at radius 3 is 2.21 bits per heavy atom. The molecule has 202 valence electrons. The predicted molar refractivity (Wildman–Crippen MR) is 140 cm³/mol. The van der Waals surface area contributed by atoms with E-state index in [1.54, 1.807) is 24.3 Å². The number of alkyl halides is 3. The average Bonchev–Trinajstić information content (AvgIpc) is 3.31. The summed E-state index contributed by atoms with van der Waals surface area (Å²) in [5, 5.41) is 12.8. The molecule has 0 amide bonds. The van der Waals surface area contributed by atoms with Crippen molar-refractivity contribution >= 4 is 34.6 Å². The number of halogens is 3. The highest BCUT2D eigenvalue weighted by Crippen LogP contribution is 2.37. The number of hydrogen-bond donors (Lipinski definition) is 2. The van der Waals surface area contributed by atoms with Crippen molar-refractivity contribution in [3.05, 3.63) is 77.9 Å². The molecule has 1 aliphatic heterocycles. The lowest BCUT2D eigenvalue weighted by molar-refractivity contribution is -0.151. The van der Waals surface area contributed by atoms with Crippen LogP contribution in [0.5, 0.6) is 0 Å². The first-order chi connectivity index (χ1) is 18.5. The summed E-state index contributed by atoms with van der Waals surface area (Å²) < 4.78 is 44.4. The Morgan fingerprint density at radius 2 is 1.62 bits per heavy atom. The largest absolute Gasteiger partial charge is 0.481 e. The zero-order valence-electron chi connectivity index (χ0n) is 21.1. The lowest BCUT2D eigenvalue weighted by atomic mass is 9.74. The number of ketones is 1. The Bertz CT molecular complexity index is 1500. The van der Waals surface area contributed by atoms with Gasteiger partial charge in [-0.15, -0.1) is 0 Å². The molecule has 0 radical (unpaired) electrons. The van der Waals surface area contributed by atoms with Crippen molar-refractivity contribution in [2.24, 2.45) is 5.41 Å². The minimum Gasteiger partial charge on any atom is -0.481 e. The van der Waals surface area contributed by atoms with Gasteiger partial charge in [0.15, 0.2) is 11.4 Å². The maximum absolute atomic E-state index is 12.9. The molecular formula is C29H26F3N3O4. The molecule has 1 aliphatic rings. The minimum atomic E-state index is -4.46. The third kappa shape index (κ3) is 5.65. The number of fused-ring (bicyclic) bond motifs is 1. The average molecular weight is 538 g/mol. The first-order valence-corrected chi connectivity index (χ1v) is 12.4. The Morgan fingerprint density at radius 1 is 1.00 bits per heavy atom. The van der Waals surface area contributed by atoms with E-state index in [1.165, 1.54) is 6.07 Å². The van der Waals surface area contributed by atoms with E-state index in [0.717, 1.165) is 23.3 Å². The van der Waals surface area contributed by atoms with Gasteiger partial charge in [-0.05, 0) is 74.4 Å². The molecular weight excluding hydrogens is 511 g/mol. The van der Waals surface area contributed by atoms with Crippen LogP contribution in [0.2, 0.25) is 0 Å². The Labute approximate surface area is 222 Å². The summed E-state index contributed by atoms with van der Waals surface area (Å²) in [4.78, 5) is 31.1. The fraction of sp³-hybridized carbons (Fsp3) is 0.276. The normalized spacial score (nSPS) is 15.8. The number of carboxylic acids is 1. The van der Waals surface area contributed by atoms with Crippen molar-refractivity contribution in [1.29, 1.82) is 0 Å². The number of rotatable bonds is 7. The van der Waals surface area contributed by atoms with Gasteiger partial charge in [0.1, 0.15) is 5.52 Å². The summed E-state index contributed by atoms with van der Waals surface area (Å²) in [7, 11) is 1.95. The van der Waals surface area contributed by atoms with Gasteiger partial charge in [0.2, 0.25) is 0 Å². The van der Waals surface area contributed by atoms with Crippen LogP contribution in [-0.2, 0) is 11.0 Å². The lowest BCUT2D eigenvalue weighted by Crippen LogP contribution is -2.44. The van der Waals surface area contributed by atoms with Crippen molar-refractivity contribution in [2.75, 3.05) is 25.5 Å². The number of nitrogens with zero attached hydrogens (tertiary/aromatic N) is 2. The van der Waals surface area contributed by atoms with E-state index in [9.17, 15) is 27.9 Å². The number of aliphatic carboxylic acids is 1. The first-order valence-electron chi connectivity index (χ1n) is 12.4. The van der Waals surface area contributed by atoms with Crippen LogP contribution in [0.15, 0.2) is 71.1 Å². The molecule has 0 bridgehead atoms. The SMILES string of the molecule is CN1CCC(CC(=O)c2ccc(-c3ccc(Nc4nc5cc(C(F)(F)F)ccc5o4)cc3)cc2)(C(=O)O)CC1. The molecule has 1 aromatic heterocycles. The van der Waals surface area contributed by atoms with Gasteiger partial charge in [-0.2, -0.15) is 18.2 Å². The molecule has 0 atom stereocenters. The number of likely N-dealkylation sites (tertiary alicyclic amines) is 1. The number of carbonyl (C=O) groups is 2. The molecule has 4 aromatic rings. The van der Waals surface area contributed by atoms with Crippen molar-refractivity contribution in [3.8, 4) is 11.1 Å². The highest BCUT2D eigenvalue weighted by molar-refractivity contribution is 5.99. The van der Waals surface area contributed by atoms with Crippen LogP contribution in [-0.4, -0.2) is 46.9 Å². The highest BCUT2D eigenvalue weighted by atomic mass is 19.4. The molecule has 0 saturated carbocycles. The molecule has 0 spiro atoms. The molecule has 1 saturated heterocycles. The van der Waals surface area contributed by atoms with Crippen LogP contribution in [0.3, 0.4) is 0 Å². The summed E-state index contributed by atoms with van der Waals surface area (Å²) >= 11 is 0. The van der Waals surface area contributed by atoms with E-state index in [0.29, 0.717) is 37.2 Å². The number of aromatic nitrogens is 1. The van der Waals surface area contributed by atoms with Crippen LogP contribution < -0.4 is 5.32 Å². The fourth-order valence-corrected chi connectivity index (χ4v) is 4.80. The molecule has 5 rings (SSSR count). The van der Waals surface area contributed by atoms with E-state index >= 15 is 0 Å². The van der Waals surface area contributed by atoms with Gasteiger partial charge in [-0.1, -0.05) is 36.4 Å². The second-order valence-electron chi connectivity index (χ2n) is 9.97. The van der Waals surface area contributed by atoms with Crippen molar-refractivity contribution in [3.63, 3.8) is 0 Å². The molecule has 2 heterocycles. The predicted octanol–water partition coefficient (Wildman–Crippen LogP) is 6.63. The molecule has 1 fully saturated rings. The van der Waals surface area contributed by atoms with Gasteiger partial charge in [-0.25, -0.2) is 0 Å². The second-order valence-corrected chi connectivity index (χ2v) is 9.97. The van der Waals surface area contributed by atoms with E-state index in [-0.39, 0.29) is 29.3 Å². The maximum Gasteiger partial charge on any atom is 0.416 e. The van der Waals surface area contributed by atoms with E-state index in [4.69, 9.17) is 4.42 Å². The van der Waals surface area contributed by atoms with Crippen LogP contribution in [0.4, 0.5) is 24.9 Å². The van der Waals surface area contributed by atoms with Gasteiger partial charge >= 0.3 is 12.1 Å². The van der Waals surface area contributed by atoms with Crippen LogP contribution in [0.25, 0.3) is 22.2 Å². The number of Topliss-reactive ketones (excluding diaryl/α,β-unsaturated/α-hetero) is 1. The van der Waals surface area contributed by atoms with Crippen LogP contribution in [0.1, 0.15) is 35.2 Å². The summed E-state index contributed by atoms with van der Waals surface area (Å²) in [6.07, 6.45) is -3.60. The number of piperidine rings is 1. The van der Waals surface area contributed by atoms with Gasteiger partial charge in [0.05, 0.1) is 11.0 Å². The third-order valence-corrected chi connectivity index (χ3v) is 7.29. The van der Waals surface area contributed by atoms with Gasteiger partial charge in [0, 0.05) is 17.7 Å². The van der Waals surface area contributed by atoms with E-state index in [2.05, 4.69) is 15.2 Å². The highest BCUT2D eigenvalue weighted by Gasteiger charge is 2.42. The molecule has 0 aliphatic carbocycles. The number of benzene rings is 3. The fourth-order valence-electron chi connectivity index (χ4n) is 4.80. The molecule has 2 N–H and O–H groups in total. The summed E-state index contributed by atoms with van der Waals surface area (Å²) in [6.45, 7) is 1.30. The van der Waals surface area contributed by atoms with Gasteiger partial charge < -0.3 is 19.7 Å². The number of carbonyl (C=O) groups excluding carboxylic acids is 1. The monoisotopic (exact) mass is 537 g/mol. The quantitative estimate of drug-likeness (QED) is 0.256. The van der Waals surface area contributed by atoms with Crippen molar-refractivity contribution in [2.45, 2.75) is 25.4 Å². The zero-order chi connectivity index (χ0) is 27.8. The summed E-state index contributed by atoms with van der Waals surface area (Å²) in [6, 6.07) is 17.5. The summed E-state index contributed by atoms with van der Waals surface area (Å²) in [5.74, 6) is -1.10. The number of carboxylic acid groups (broad SMARTS) is 1. The number of oxazole rings is 1. The topological polar surface area (TPSA) is 95.7 Å². The molecule has 10 heteroatoms. The number of nitrogens with one attached hydrogen (secondary N) is 1. The lowest BCUT2D eigenvalue weighted by Gasteiger charge is -2.36. The Hall–Kier alpha value is -4.18. The Kier molecular flexibility index (Phi) is 6.90. The van der Waals surface area contributed by atoms with Crippen LogP contribution >= 0.6 is 0 Å².